The average molecular weight is 293 g/mol. The van der Waals surface area contributed by atoms with Gasteiger partial charge in [-0.1, -0.05) is 26.8 Å². The van der Waals surface area contributed by atoms with E-state index < -0.39 is 5.97 Å². The first-order chi connectivity index (χ1) is 9.35. The molecule has 0 aliphatic carbocycles. The highest BCUT2D eigenvalue weighted by Gasteiger charge is 2.16. The number of rotatable bonds is 5. The standard InChI is InChI=1S/C15H19NO3S/c1-15(2,3)9-12-16-14-10(19-8-7-13(17)18)5-4-6-11(14)20-12/h4-6H,7-9H2,1-3H3,(H,17,18). The highest BCUT2D eigenvalue weighted by molar-refractivity contribution is 7.18. The number of hydrogen-bond donors (Lipinski definition) is 1. The van der Waals surface area contributed by atoms with Crippen LogP contribution in [-0.2, 0) is 11.2 Å². The maximum atomic E-state index is 10.5. The number of benzene rings is 1. The van der Waals surface area contributed by atoms with E-state index in [-0.39, 0.29) is 18.4 Å². The molecule has 0 saturated carbocycles. The minimum atomic E-state index is -0.858. The molecule has 0 bridgehead atoms. The smallest absolute Gasteiger partial charge is 0.306 e. The lowest BCUT2D eigenvalue weighted by Gasteiger charge is -2.15. The van der Waals surface area contributed by atoms with Gasteiger partial charge in [-0.25, -0.2) is 4.98 Å². The van der Waals surface area contributed by atoms with E-state index in [1.165, 1.54) is 0 Å². The molecule has 0 saturated heterocycles. The summed E-state index contributed by atoms with van der Waals surface area (Å²) in [5, 5.41) is 9.73. The van der Waals surface area contributed by atoms with E-state index >= 15 is 0 Å². The lowest BCUT2D eigenvalue weighted by molar-refractivity contribution is -0.137. The van der Waals surface area contributed by atoms with Crippen LogP contribution in [0.5, 0.6) is 5.75 Å². The molecule has 1 N–H and O–H groups in total. The van der Waals surface area contributed by atoms with Crippen LogP contribution in [0.2, 0.25) is 0 Å². The molecule has 0 amide bonds. The Morgan fingerprint density at radius 3 is 2.80 bits per heavy atom. The topological polar surface area (TPSA) is 59.4 Å². The van der Waals surface area contributed by atoms with Crippen molar-refractivity contribution < 1.29 is 14.6 Å². The Kier molecular flexibility index (Phi) is 4.28. The van der Waals surface area contributed by atoms with Crippen LogP contribution in [0, 0.1) is 5.41 Å². The van der Waals surface area contributed by atoms with Crippen molar-refractivity contribution in [2.24, 2.45) is 5.41 Å². The fourth-order valence-electron chi connectivity index (χ4n) is 1.86. The van der Waals surface area contributed by atoms with Crippen LogP contribution in [0.3, 0.4) is 0 Å². The number of nitrogens with zero attached hydrogens (tertiary/aromatic N) is 1. The lowest BCUT2D eigenvalue weighted by Crippen LogP contribution is -2.08. The molecule has 0 atom stereocenters. The summed E-state index contributed by atoms with van der Waals surface area (Å²) in [6.45, 7) is 6.72. The number of para-hydroxylation sites is 1. The first-order valence-electron chi connectivity index (χ1n) is 6.58. The van der Waals surface area contributed by atoms with E-state index in [0.29, 0.717) is 5.75 Å². The van der Waals surface area contributed by atoms with E-state index in [0.717, 1.165) is 21.6 Å². The Morgan fingerprint density at radius 2 is 2.15 bits per heavy atom. The molecule has 20 heavy (non-hydrogen) atoms. The Balaban J connectivity index is 2.21. The molecule has 2 rings (SSSR count). The predicted molar refractivity (Wildman–Crippen MR) is 80.5 cm³/mol. The molecule has 0 spiro atoms. The van der Waals surface area contributed by atoms with Crippen molar-refractivity contribution in [3.8, 4) is 5.75 Å². The van der Waals surface area contributed by atoms with Crippen molar-refractivity contribution >= 4 is 27.5 Å². The fraction of sp³-hybridized carbons (Fsp3) is 0.467. The molecule has 4 nitrogen and oxygen atoms in total. The SMILES string of the molecule is CC(C)(C)Cc1nc2c(OCCC(=O)O)cccc2s1. The van der Waals surface area contributed by atoms with Crippen LogP contribution in [0.25, 0.3) is 10.2 Å². The number of carbonyl (C=O) groups is 1. The summed E-state index contributed by atoms with van der Waals surface area (Å²) < 4.78 is 6.62. The normalized spacial score (nSPS) is 11.8. The van der Waals surface area contributed by atoms with Crippen molar-refractivity contribution in [1.29, 1.82) is 0 Å². The maximum absolute atomic E-state index is 10.5. The van der Waals surface area contributed by atoms with Gasteiger partial charge in [0.1, 0.15) is 11.3 Å². The highest BCUT2D eigenvalue weighted by Crippen LogP contribution is 2.32. The lowest BCUT2D eigenvalue weighted by atomic mass is 9.93. The van der Waals surface area contributed by atoms with E-state index in [4.69, 9.17) is 9.84 Å². The van der Waals surface area contributed by atoms with E-state index in [1.807, 2.05) is 18.2 Å². The summed E-state index contributed by atoms with van der Waals surface area (Å²) in [6, 6.07) is 5.77. The molecule has 108 valence electrons. The predicted octanol–water partition coefficient (Wildman–Crippen LogP) is 3.74. The van der Waals surface area contributed by atoms with E-state index in [9.17, 15) is 4.79 Å². The third-order valence-corrected chi connectivity index (χ3v) is 3.70. The number of thiazole rings is 1. The number of carboxylic acids is 1. The highest BCUT2D eigenvalue weighted by atomic mass is 32.1. The zero-order valence-electron chi connectivity index (χ0n) is 12.0. The van der Waals surface area contributed by atoms with Gasteiger partial charge in [0.15, 0.2) is 0 Å². The van der Waals surface area contributed by atoms with Gasteiger partial charge >= 0.3 is 5.97 Å². The monoisotopic (exact) mass is 293 g/mol. The Hall–Kier alpha value is -1.62. The number of ether oxygens (including phenoxy) is 1. The second kappa shape index (κ2) is 5.79. The first kappa shape index (κ1) is 14.8. The average Bonchev–Trinajstić information content (AvgIpc) is 2.69. The quantitative estimate of drug-likeness (QED) is 0.912. The molecule has 5 heteroatoms. The number of aromatic nitrogens is 1. The number of hydrogen-bond acceptors (Lipinski definition) is 4. The van der Waals surface area contributed by atoms with Crippen LogP contribution >= 0.6 is 11.3 Å². The second-order valence-electron chi connectivity index (χ2n) is 5.94. The van der Waals surface area contributed by atoms with Crippen molar-refractivity contribution in [3.05, 3.63) is 23.2 Å². The van der Waals surface area contributed by atoms with E-state index in [1.54, 1.807) is 11.3 Å². The molecule has 1 aromatic heterocycles. The molecule has 0 fully saturated rings. The molecule has 0 unspecified atom stereocenters. The summed E-state index contributed by atoms with van der Waals surface area (Å²) in [7, 11) is 0. The van der Waals surface area contributed by atoms with Gasteiger partial charge in [-0.15, -0.1) is 11.3 Å². The summed E-state index contributed by atoms with van der Waals surface area (Å²) >= 11 is 1.67. The third-order valence-electron chi connectivity index (χ3n) is 2.68. The largest absolute Gasteiger partial charge is 0.491 e. The van der Waals surface area contributed by atoms with Crippen LogP contribution in [0.1, 0.15) is 32.2 Å². The zero-order valence-corrected chi connectivity index (χ0v) is 12.8. The minimum Gasteiger partial charge on any atom is -0.491 e. The molecule has 0 radical (unpaired) electrons. The van der Waals surface area contributed by atoms with Gasteiger partial charge in [0.2, 0.25) is 0 Å². The Morgan fingerprint density at radius 1 is 1.40 bits per heavy atom. The van der Waals surface area contributed by atoms with Gasteiger partial charge < -0.3 is 9.84 Å². The van der Waals surface area contributed by atoms with Crippen LogP contribution in [0.15, 0.2) is 18.2 Å². The van der Waals surface area contributed by atoms with Gasteiger partial charge in [0, 0.05) is 6.42 Å². The molecule has 1 heterocycles. The van der Waals surface area contributed by atoms with Crippen molar-refractivity contribution in [3.63, 3.8) is 0 Å². The molecule has 0 aliphatic heterocycles. The summed E-state index contributed by atoms with van der Waals surface area (Å²) in [6.07, 6.45) is 0.913. The first-order valence-corrected chi connectivity index (χ1v) is 7.40. The molecular weight excluding hydrogens is 274 g/mol. The summed E-state index contributed by atoms with van der Waals surface area (Å²) in [4.78, 5) is 15.2. The van der Waals surface area contributed by atoms with E-state index in [2.05, 4.69) is 25.8 Å². The van der Waals surface area contributed by atoms with Gasteiger partial charge in [-0.05, 0) is 17.5 Å². The molecular formula is C15H19NO3S. The summed E-state index contributed by atoms with van der Waals surface area (Å²) in [5.41, 5.74) is 1.03. The van der Waals surface area contributed by atoms with Gasteiger partial charge in [0.05, 0.1) is 22.7 Å². The second-order valence-corrected chi connectivity index (χ2v) is 7.06. The van der Waals surface area contributed by atoms with Crippen LogP contribution < -0.4 is 4.74 Å². The maximum Gasteiger partial charge on any atom is 0.306 e. The van der Waals surface area contributed by atoms with Crippen LogP contribution in [-0.4, -0.2) is 22.7 Å². The number of fused-ring (bicyclic) bond motifs is 1. The molecule has 1 aromatic carbocycles. The Labute approximate surface area is 122 Å². The van der Waals surface area contributed by atoms with Crippen LogP contribution in [0.4, 0.5) is 0 Å². The fourth-order valence-corrected chi connectivity index (χ4v) is 3.15. The van der Waals surface area contributed by atoms with Gasteiger partial charge in [-0.2, -0.15) is 0 Å². The summed E-state index contributed by atoms with van der Waals surface area (Å²) in [5.74, 6) is -0.191. The van der Waals surface area contributed by atoms with Crippen molar-refractivity contribution in [2.75, 3.05) is 6.61 Å². The van der Waals surface area contributed by atoms with Crippen molar-refractivity contribution in [1.82, 2.24) is 4.98 Å². The number of carboxylic acid groups (broad SMARTS) is 1. The minimum absolute atomic E-state index is 0.00459. The number of aliphatic carboxylic acids is 1. The van der Waals surface area contributed by atoms with Crippen molar-refractivity contribution in [2.45, 2.75) is 33.6 Å². The van der Waals surface area contributed by atoms with Gasteiger partial charge in [-0.3, -0.25) is 4.79 Å². The Bertz CT molecular complexity index is 613. The van der Waals surface area contributed by atoms with Gasteiger partial charge in [0.25, 0.3) is 0 Å². The molecule has 0 aliphatic rings. The molecule has 2 aromatic rings. The third kappa shape index (κ3) is 3.93. The zero-order chi connectivity index (χ0) is 14.8.